The van der Waals surface area contributed by atoms with Gasteiger partial charge in [0.2, 0.25) is 0 Å². The van der Waals surface area contributed by atoms with Crippen molar-refractivity contribution in [3.8, 4) is 11.5 Å². The maximum Gasteiger partial charge on any atom is 0.188 e. The lowest BCUT2D eigenvalue weighted by atomic mass is 10.1. The van der Waals surface area contributed by atoms with Crippen molar-refractivity contribution in [1.82, 2.24) is 0 Å². The van der Waals surface area contributed by atoms with Gasteiger partial charge in [-0.3, -0.25) is 0 Å². The third kappa shape index (κ3) is 2.58. The van der Waals surface area contributed by atoms with Gasteiger partial charge in [0.25, 0.3) is 0 Å². The van der Waals surface area contributed by atoms with Crippen LogP contribution >= 0.6 is 11.3 Å². The van der Waals surface area contributed by atoms with Gasteiger partial charge in [0.15, 0.2) is 8.07 Å². The van der Waals surface area contributed by atoms with E-state index in [-0.39, 0.29) is 0 Å². The number of hydrogen-bond acceptors (Lipinski definition) is 2. The molecule has 33 heavy (non-hydrogen) atoms. The summed E-state index contributed by atoms with van der Waals surface area (Å²) in [4.78, 5) is 0. The smallest absolute Gasteiger partial charge is 0.188 e. The van der Waals surface area contributed by atoms with Crippen molar-refractivity contribution in [3.05, 3.63) is 121 Å². The van der Waals surface area contributed by atoms with E-state index in [2.05, 4.69) is 121 Å². The van der Waals surface area contributed by atoms with E-state index < -0.39 is 8.07 Å². The molecule has 0 unspecified atom stereocenters. The van der Waals surface area contributed by atoms with Crippen LogP contribution in [0.2, 0.25) is 0 Å². The summed E-state index contributed by atoms with van der Waals surface area (Å²) in [6, 6.07) is 44.1. The Morgan fingerprint density at radius 3 is 1.91 bits per heavy atom. The normalized spacial score (nSPS) is 13.9. The molecule has 2 heterocycles. The molecule has 0 radical (unpaired) electrons. The van der Waals surface area contributed by atoms with Crippen molar-refractivity contribution >= 4 is 60.3 Å². The van der Waals surface area contributed by atoms with Crippen LogP contribution in [0.1, 0.15) is 0 Å². The zero-order valence-electron chi connectivity index (χ0n) is 17.9. The Bertz CT molecular complexity index is 1600. The summed E-state index contributed by atoms with van der Waals surface area (Å²) in [6.07, 6.45) is 0. The molecule has 0 saturated heterocycles. The summed E-state index contributed by atoms with van der Waals surface area (Å²) in [5.41, 5.74) is 0. The van der Waals surface area contributed by atoms with Crippen molar-refractivity contribution in [2.24, 2.45) is 0 Å². The summed E-state index contributed by atoms with van der Waals surface area (Å²) >= 11 is 1.84. The van der Waals surface area contributed by atoms with Gasteiger partial charge in [-0.2, -0.15) is 0 Å². The van der Waals surface area contributed by atoms with Crippen molar-refractivity contribution in [2.75, 3.05) is 0 Å². The molecule has 1 aromatic heterocycles. The van der Waals surface area contributed by atoms with Gasteiger partial charge in [-0.1, -0.05) is 103 Å². The molecule has 0 N–H and O–H groups in total. The van der Waals surface area contributed by atoms with Crippen LogP contribution in [-0.2, 0) is 0 Å². The highest BCUT2D eigenvalue weighted by Gasteiger charge is 2.48. The zero-order valence-corrected chi connectivity index (χ0v) is 19.7. The Hall–Kier alpha value is -3.66. The molecule has 0 saturated carbocycles. The van der Waals surface area contributed by atoms with Gasteiger partial charge in [0.05, 0.1) is 0 Å². The standard InChI is InChI=1S/C30H20OSSi/c1-3-11-21(12-4-1)33(22-13-5-2-6-14-22)27-18-10-8-16-24(27)31-30-28(33)20-19-26-29(30)23-15-7-9-17-25(23)32-26/h1-20H. The highest BCUT2D eigenvalue weighted by Crippen LogP contribution is 2.42. The number of rotatable bonds is 2. The Kier molecular flexibility index (Phi) is 4.10. The van der Waals surface area contributed by atoms with E-state index in [0.29, 0.717) is 0 Å². The van der Waals surface area contributed by atoms with Crippen LogP contribution in [-0.4, -0.2) is 8.07 Å². The van der Waals surface area contributed by atoms with Crippen LogP contribution in [0.5, 0.6) is 11.5 Å². The minimum absolute atomic E-state index is 0.979. The van der Waals surface area contributed by atoms with Gasteiger partial charge < -0.3 is 4.74 Å². The van der Waals surface area contributed by atoms with E-state index in [1.165, 1.54) is 40.9 Å². The number of ether oxygens (including phenoxy) is 1. The first-order valence-corrected chi connectivity index (χ1v) is 14.0. The molecule has 1 nitrogen and oxygen atoms in total. The molecular weight excluding hydrogens is 436 g/mol. The Morgan fingerprint density at radius 2 is 1.15 bits per heavy atom. The zero-order chi connectivity index (χ0) is 21.8. The van der Waals surface area contributed by atoms with E-state index >= 15 is 0 Å². The van der Waals surface area contributed by atoms with Crippen molar-refractivity contribution in [3.63, 3.8) is 0 Å². The lowest BCUT2D eigenvalue weighted by Crippen LogP contribution is -2.76. The lowest BCUT2D eigenvalue weighted by molar-refractivity contribution is 0.493. The quantitative estimate of drug-likeness (QED) is 0.311. The van der Waals surface area contributed by atoms with Crippen molar-refractivity contribution < 1.29 is 4.74 Å². The summed E-state index contributed by atoms with van der Waals surface area (Å²) < 4.78 is 9.37. The van der Waals surface area contributed by atoms with Crippen molar-refractivity contribution in [1.29, 1.82) is 0 Å². The molecule has 0 bridgehead atoms. The van der Waals surface area contributed by atoms with Gasteiger partial charge in [0, 0.05) is 20.2 Å². The molecular formula is C30H20OSSi. The second-order valence-corrected chi connectivity index (χ2v) is 13.3. The van der Waals surface area contributed by atoms with Crippen LogP contribution in [0.15, 0.2) is 121 Å². The summed E-state index contributed by atoms with van der Waals surface area (Å²) in [5, 5.41) is 7.92. The molecule has 1 aliphatic heterocycles. The molecule has 0 aliphatic carbocycles. The Labute approximate surface area is 197 Å². The van der Waals surface area contributed by atoms with Gasteiger partial charge >= 0.3 is 0 Å². The van der Waals surface area contributed by atoms with Gasteiger partial charge in [-0.15, -0.1) is 11.3 Å². The molecule has 5 aromatic carbocycles. The molecule has 0 atom stereocenters. The summed E-state index contributed by atoms with van der Waals surface area (Å²) in [6.45, 7) is 0. The van der Waals surface area contributed by atoms with Gasteiger partial charge in [-0.05, 0) is 38.9 Å². The van der Waals surface area contributed by atoms with Crippen LogP contribution in [0.25, 0.3) is 20.2 Å². The van der Waals surface area contributed by atoms with Crippen LogP contribution in [0.3, 0.4) is 0 Å². The fourth-order valence-corrected chi connectivity index (χ4v) is 11.5. The van der Waals surface area contributed by atoms with E-state index in [1.54, 1.807) is 0 Å². The molecule has 7 rings (SSSR count). The first-order valence-electron chi connectivity index (χ1n) is 11.2. The number of thiophene rings is 1. The Balaban J connectivity index is 1.70. The number of para-hydroxylation sites is 1. The van der Waals surface area contributed by atoms with Crippen LogP contribution in [0, 0.1) is 0 Å². The number of fused-ring (bicyclic) bond motifs is 6. The maximum absolute atomic E-state index is 6.80. The van der Waals surface area contributed by atoms with Crippen LogP contribution < -0.4 is 25.5 Å². The second kappa shape index (κ2) is 7.17. The second-order valence-electron chi connectivity index (χ2n) is 8.49. The highest BCUT2D eigenvalue weighted by molar-refractivity contribution is 7.26. The fourth-order valence-electron chi connectivity index (χ4n) is 5.47. The van der Waals surface area contributed by atoms with Gasteiger partial charge in [0.1, 0.15) is 11.5 Å². The minimum atomic E-state index is -2.57. The number of benzene rings is 5. The maximum atomic E-state index is 6.80. The summed E-state index contributed by atoms with van der Waals surface area (Å²) in [5.74, 6) is 2.01. The summed E-state index contributed by atoms with van der Waals surface area (Å²) in [7, 11) is -2.57. The molecule has 6 aromatic rings. The SMILES string of the molecule is c1ccc([Si]2(c3ccccc3)c3ccccc3Oc3c2ccc2sc4ccccc4c32)cc1. The third-order valence-electron chi connectivity index (χ3n) is 6.82. The van der Waals surface area contributed by atoms with E-state index in [4.69, 9.17) is 4.74 Å². The minimum Gasteiger partial charge on any atom is -0.457 e. The van der Waals surface area contributed by atoms with Crippen molar-refractivity contribution in [2.45, 2.75) is 0 Å². The fraction of sp³-hybridized carbons (Fsp3) is 0. The predicted molar refractivity (Wildman–Crippen MR) is 143 cm³/mol. The third-order valence-corrected chi connectivity index (χ3v) is 12.8. The molecule has 0 amide bonds. The Morgan fingerprint density at radius 1 is 0.515 bits per heavy atom. The molecule has 0 fully saturated rings. The first-order chi connectivity index (χ1) is 16.4. The number of hydrogen-bond donors (Lipinski definition) is 0. The average molecular weight is 457 g/mol. The van der Waals surface area contributed by atoms with E-state index in [1.807, 2.05) is 11.3 Å². The average Bonchev–Trinajstić information content (AvgIpc) is 3.27. The van der Waals surface area contributed by atoms with Gasteiger partial charge in [-0.25, -0.2) is 0 Å². The van der Waals surface area contributed by atoms with E-state index in [0.717, 1.165) is 11.5 Å². The molecule has 1 aliphatic rings. The monoisotopic (exact) mass is 456 g/mol. The highest BCUT2D eigenvalue weighted by atomic mass is 32.1. The van der Waals surface area contributed by atoms with E-state index in [9.17, 15) is 0 Å². The lowest BCUT2D eigenvalue weighted by Gasteiger charge is -2.39. The molecule has 156 valence electrons. The largest absolute Gasteiger partial charge is 0.457 e. The predicted octanol–water partition coefficient (Wildman–Crippen LogP) is 5.54. The van der Waals surface area contributed by atoms with Crippen LogP contribution in [0.4, 0.5) is 0 Å². The first kappa shape index (κ1) is 18.9. The molecule has 0 spiro atoms. The topological polar surface area (TPSA) is 9.23 Å². The molecule has 3 heteroatoms.